The number of hydrogen-bond donors (Lipinski definition) is 1. The van der Waals surface area contributed by atoms with E-state index in [4.69, 9.17) is 4.74 Å². The molecule has 3 nitrogen and oxygen atoms in total. The fraction of sp³-hybridized carbons (Fsp3) is 0.900. The molecule has 13 heavy (non-hydrogen) atoms. The standard InChI is InChI=1S/C10H18O3/c1-3-13-9(12)10(2)7-5-4-6-8(10)11/h8,11H,3-7H2,1-2H3. The lowest BCUT2D eigenvalue weighted by Gasteiger charge is -2.35. The van der Waals surface area contributed by atoms with Gasteiger partial charge >= 0.3 is 5.97 Å². The second kappa shape index (κ2) is 4.09. The summed E-state index contributed by atoms with van der Waals surface area (Å²) in [6.45, 7) is 3.98. The fourth-order valence-electron chi connectivity index (χ4n) is 1.85. The first-order chi connectivity index (χ1) is 6.11. The molecule has 1 aliphatic rings. The molecule has 0 aromatic carbocycles. The molecule has 1 rings (SSSR count). The van der Waals surface area contributed by atoms with Gasteiger partial charge < -0.3 is 9.84 Å². The summed E-state index contributed by atoms with van der Waals surface area (Å²) >= 11 is 0. The largest absolute Gasteiger partial charge is 0.465 e. The summed E-state index contributed by atoms with van der Waals surface area (Å²) in [5, 5.41) is 9.72. The van der Waals surface area contributed by atoms with Crippen molar-refractivity contribution in [3.63, 3.8) is 0 Å². The average Bonchev–Trinajstić information content (AvgIpc) is 2.11. The fourth-order valence-corrected chi connectivity index (χ4v) is 1.85. The molecule has 0 aliphatic heterocycles. The SMILES string of the molecule is CCOC(=O)C1(C)CCCCC1O. The summed E-state index contributed by atoms with van der Waals surface area (Å²) in [6, 6.07) is 0. The van der Waals surface area contributed by atoms with Gasteiger partial charge in [-0.05, 0) is 26.7 Å². The molecule has 3 heteroatoms. The molecule has 0 heterocycles. The zero-order chi connectivity index (χ0) is 9.90. The lowest BCUT2D eigenvalue weighted by Crippen LogP contribution is -2.43. The Labute approximate surface area is 79.1 Å². The van der Waals surface area contributed by atoms with E-state index in [9.17, 15) is 9.90 Å². The number of carbonyl (C=O) groups excluding carboxylic acids is 1. The smallest absolute Gasteiger partial charge is 0.314 e. The predicted octanol–water partition coefficient (Wildman–Crippen LogP) is 1.49. The lowest BCUT2D eigenvalue weighted by atomic mass is 9.73. The molecular formula is C10H18O3. The van der Waals surface area contributed by atoms with Crippen molar-refractivity contribution in [2.75, 3.05) is 6.61 Å². The molecule has 0 spiro atoms. The predicted molar refractivity (Wildman–Crippen MR) is 49.2 cm³/mol. The third kappa shape index (κ3) is 2.02. The molecule has 2 atom stereocenters. The normalized spacial score (nSPS) is 34.2. The zero-order valence-corrected chi connectivity index (χ0v) is 8.38. The molecule has 1 aliphatic carbocycles. The quantitative estimate of drug-likeness (QED) is 0.665. The Morgan fingerprint density at radius 3 is 2.85 bits per heavy atom. The Balaban J connectivity index is 2.65. The summed E-state index contributed by atoms with van der Waals surface area (Å²) in [7, 11) is 0. The van der Waals surface area contributed by atoms with Crippen molar-refractivity contribution in [3.05, 3.63) is 0 Å². The Morgan fingerprint density at radius 2 is 2.31 bits per heavy atom. The van der Waals surface area contributed by atoms with Gasteiger partial charge in [0, 0.05) is 0 Å². The molecule has 0 saturated heterocycles. The first-order valence-electron chi connectivity index (χ1n) is 4.96. The second-order valence-electron chi connectivity index (χ2n) is 3.90. The Morgan fingerprint density at radius 1 is 1.62 bits per heavy atom. The van der Waals surface area contributed by atoms with E-state index in [0.717, 1.165) is 25.7 Å². The summed E-state index contributed by atoms with van der Waals surface area (Å²) in [5.74, 6) is -0.248. The van der Waals surface area contributed by atoms with E-state index in [2.05, 4.69) is 0 Å². The molecule has 2 unspecified atom stereocenters. The average molecular weight is 186 g/mol. The Kier molecular flexibility index (Phi) is 3.31. The van der Waals surface area contributed by atoms with Crippen LogP contribution in [0.2, 0.25) is 0 Å². The Hall–Kier alpha value is -0.570. The van der Waals surface area contributed by atoms with Gasteiger partial charge in [0.05, 0.1) is 18.1 Å². The third-order valence-electron chi connectivity index (χ3n) is 2.90. The highest BCUT2D eigenvalue weighted by Crippen LogP contribution is 2.37. The van der Waals surface area contributed by atoms with E-state index in [1.165, 1.54) is 0 Å². The van der Waals surface area contributed by atoms with Crippen LogP contribution >= 0.6 is 0 Å². The molecule has 1 N–H and O–H groups in total. The van der Waals surface area contributed by atoms with E-state index >= 15 is 0 Å². The van der Waals surface area contributed by atoms with Gasteiger partial charge in [0.25, 0.3) is 0 Å². The van der Waals surface area contributed by atoms with Gasteiger partial charge in [-0.3, -0.25) is 4.79 Å². The summed E-state index contributed by atoms with van der Waals surface area (Å²) < 4.78 is 4.96. The van der Waals surface area contributed by atoms with Gasteiger partial charge in [-0.2, -0.15) is 0 Å². The molecule has 0 radical (unpaired) electrons. The molecule has 1 fully saturated rings. The highest BCUT2D eigenvalue weighted by atomic mass is 16.5. The van der Waals surface area contributed by atoms with E-state index in [1.807, 2.05) is 0 Å². The first-order valence-corrected chi connectivity index (χ1v) is 4.96. The zero-order valence-electron chi connectivity index (χ0n) is 8.38. The van der Waals surface area contributed by atoms with Crippen LogP contribution in [0.5, 0.6) is 0 Å². The summed E-state index contributed by atoms with van der Waals surface area (Å²) in [4.78, 5) is 11.5. The van der Waals surface area contributed by atoms with E-state index in [0.29, 0.717) is 6.61 Å². The monoisotopic (exact) mass is 186 g/mol. The van der Waals surface area contributed by atoms with Crippen molar-refractivity contribution in [1.82, 2.24) is 0 Å². The van der Waals surface area contributed by atoms with Crippen LogP contribution in [-0.4, -0.2) is 23.8 Å². The van der Waals surface area contributed by atoms with E-state index in [1.54, 1.807) is 13.8 Å². The molecule has 0 aromatic heterocycles. The van der Waals surface area contributed by atoms with E-state index in [-0.39, 0.29) is 5.97 Å². The minimum absolute atomic E-state index is 0.248. The van der Waals surface area contributed by atoms with Gasteiger partial charge in [0.15, 0.2) is 0 Å². The van der Waals surface area contributed by atoms with Crippen molar-refractivity contribution in [2.24, 2.45) is 5.41 Å². The maximum Gasteiger partial charge on any atom is 0.314 e. The number of esters is 1. The van der Waals surface area contributed by atoms with Crippen LogP contribution < -0.4 is 0 Å². The van der Waals surface area contributed by atoms with Crippen LogP contribution in [0.15, 0.2) is 0 Å². The number of carbonyl (C=O) groups is 1. The van der Waals surface area contributed by atoms with Crippen molar-refractivity contribution >= 4 is 5.97 Å². The Bertz CT molecular complexity index is 191. The van der Waals surface area contributed by atoms with Crippen LogP contribution in [0.4, 0.5) is 0 Å². The van der Waals surface area contributed by atoms with Crippen molar-refractivity contribution in [3.8, 4) is 0 Å². The number of aliphatic hydroxyl groups is 1. The number of ether oxygens (including phenoxy) is 1. The second-order valence-corrected chi connectivity index (χ2v) is 3.90. The molecule has 76 valence electrons. The molecule has 0 aromatic rings. The maximum absolute atomic E-state index is 11.5. The number of rotatable bonds is 2. The highest BCUT2D eigenvalue weighted by molar-refractivity contribution is 5.77. The number of hydrogen-bond acceptors (Lipinski definition) is 3. The minimum atomic E-state index is -0.658. The van der Waals surface area contributed by atoms with Gasteiger partial charge in [0.2, 0.25) is 0 Å². The van der Waals surface area contributed by atoms with Crippen LogP contribution in [0.25, 0.3) is 0 Å². The topological polar surface area (TPSA) is 46.5 Å². The van der Waals surface area contributed by atoms with Crippen LogP contribution in [0.3, 0.4) is 0 Å². The van der Waals surface area contributed by atoms with Crippen molar-refractivity contribution in [1.29, 1.82) is 0 Å². The van der Waals surface area contributed by atoms with Crippen LogP contribution in [-0.2, 0) is 9.53 Å². The lowest BCUT2D eigenvalue weighted by molar-refractivity contribution is -0.164. The summed E-state index contributed by atoms with van der Waals surface area (Å²) in [5.41, 5.74) is -0.658. The molecular weight excluding hydrogens is 168 g/mol. The molecule has 0 bridgehead atoms. The third-order valence-corrected chi connectivity index (χ3v) is 2.90. The van der Waals surface area contributed by atoms with Crippen LogP contribution in [0, 0.1) is 5.41 Å². The summed E-state index contributed by atoms with van der Waals surface area (Å²) in [6.07, 6.45) is 2.95. The maximum atomic E-state index is 11.5. The first kappa shape index (κ1) is 10.5. The van der Waals surface area contributed by atoms with Gasteiger partial charge in [0.1, 0.15) is 0 Å². The highest BCUT2D eigenvalue weighted by Gasteiger charge is 2.43. The molecule has 1 saturated carbocycles. The van der Waals surface area contributed by atoms with Crippen molar-refractivity contribution < 1.29 is 14.6 Å². The van der Waals surface area contributed by atoms with Crippen LogP contribution in [0.1, 0.15) is 39.5 Å². The molecule has 0 amide bonds. The van der Waals surface area contributed by atoms with E-state index < -0.39 is 11.5 Å². The van der Waals surface area contributed by atoms with Gasteiger partial charge in [-0.15, -0.1) is 0 Å². The number of aliphatic hydroxyl groups excluding tert-OH is 1. The van der Waals surface area contributed by atoms with Crippen molar-refractivity contribution in [2.45, 2.75) is 45.6 Å². The van der Waals surface area contributed by atoms with Gasteiger partial charge in [-0.1, -0.05) is 12.8 Å². The minimum Gasteiger partial charge on any atom is -0.465 e. The van der Waals surface area contributed by atoms with Gasteiger partial charge in [-0.25, -0.2) is 0 Å².